The molecule has 3 fully saturated rings. The van der Waals surface area contributed by atoms with E-state index in [9.17, 15) is 13.2 Å². The predicted octanol–water partition coefficient (Wildman–Crippen LogP) is 1.98. The molecule has 126 valence electrons. The molecule has 6 heteroatoms. The third kappa shape index (κ3) is 3.32. The van der Waals surface area contributed by atoms with Gasteiger partial charge in [-0.3, -0.25) is 4.79 Å². The van der Waals surface area contributed by atoms with E-state index in [2.05, 4.69) is 4.90 Å². The average Bonchev–Trinajstić information content (AvgIpc) is 3.21. The summed E-state index contributed by atoms with van der Waals surface area (Å²) in [4.78, 5) is 15.1. The van der Waals surface area contributed by atoms with Crippen LogP contribution in [0.2, 0.25) is 0 Å². The first-order valence-electron chi connectivity index (χ1n) is 8.83. The van der Waals surface area contributed by atoms with Gasteiger partial charge in [-0.2, -0.15) is 0 Å². The van der Waals surface area contributed by atoms with E-state index >= 15 is 0 Å². The normalized spacial score (nSPS) is 25.5. The number of piperidine rings is 1. The third-order valence-corrected chi connectivity index (χ3v) is 7.36. The van der Waals surface area contributed by atoms with Gasteiger partial charge < -0.3 is 4.90 Å². The van der Waals surface area contributed by atoms with Crippen molar-refractivity contribution in [1.82, 2.24) is 9.21 Å². The average molecular weight is 328 g/mol. The molecule has 0 aromatic heterocycles. The lowest BCUT2D eigenvalue weighted by molar-refractivity contribution is -0.139. The van der Waals surface area contributed by atoms with Gasteiger partial charge in [0, 0.05) is 31.1 Å². The second-order valence-corrected chi connectivity index (χ2v) is 9.25. The summed E-state index contributed by atoms with van der Waals surface area (Å²) in [6.07, 6.45) is 8.50. The molecule has 3 aliphatic rings. The highest BCUT2D eigenvalue weighted by atomic mass is 32.2. The lowest BCUT2D eigenvalue weighted by Crippen LogP contribution is -2.48. The maximum atomic E-state index is 13.0. The second kappa shape index (κ2) is 6.48. The van der Waals surface area contributed by atoms with E-state index in [1.54, 1.807) is 11.2 Å². The molecule has 0 radical (unpaired) electrons. The molecule has 2 saturated carbocycles. The molecule has 1 saturated heterocycles. The number of rotatable bonds is 5. The van der Waals surface area contributed by atoms with Crippen molar-refractivity contribution in [1.29, 1.82) is 0 Å². The minimum Gasteiger partial charge on any atom is -0.336 e. The molecule has 22 heavy (non-hydrogen) atoms. The Morgan fingerprint density at radius 3 is 2.05 bits per heavy atom. The summed E-state index contributed by atoms with van der Waals surface area (Å²) in [5.41, 5.74) is 0. The van der Waals surface area contributed by atoms with Crippen LogP contribution in [-0.2, 0) is 14.8 Å². The molecule has 0 aromatic carbocycles. The van der Waals surface area contributed by atoms with Crippen LogP contribution in [0, 0.1) is 5.92 Å². The molecular weight excluding hydrogens is 300 g/mol. The molecule has 0 unspecified atom stereocenters. The Bertz CT molecular complexity index is 501. The Labute approximate surface area is 134 Å². The standard InChI is InChI=1S/C16H28N2O3S/c1-2-22(20,21)17-11-9-13(10-12-17)16(19)18(15-7-8-15)14-5-3-4-6-14/h13-15H,2-12H2,1H3. The molecular formula is C16H28N2O3S. The van der Waals surface area contributed by atoms with Crippen LogP contribution < -0.4 is 0 Å². The van der Waals surface area contributed by atoms with E-state index in [1.807, 2.05) is 0 Å². The van der Waals surface area contributed by atoms with Crippen LogP contribution in [0.15, 0.2) is 0 Å². The van der Waals surface area contributed by atoms with E-state index in [1.165, 1.54) is 12.8 Å². The first-order valence-corrected chi connectivity index (χ1v) is 10.4. The molecule has 1 heterocycles. The zero-order valence-corrected chi connectivity index (χ0v) is 14.4. The Kier molecular flexibility index (Phi) is 4.78. The largest absolute Gasteiger partial charge is 0.336 e. The highest BCUT2D eigenvalue weighted by Gasteiger charge is 2.41. The highest BCUT2D eigenvalue weighted by molar-refractivity contribution is 7.89. The summed E-state index contributed by atoms with van der Waals surface area (Å²) < 4.78 is 25.4. The number of carbonyl (C=O) groups is 1. The molecule has 0 spiro atoms. The van der Waals surface area contributed by atoms with E-state index in [0.717, 1.165) is 25.7 Å². The van der Waals surface area contributed by atoms with Crippen molar-refractivity contribution < 1.29 is 13.2 Å². The van der Waals surface area contributed by atoms with Gasteiger partial charge in [0.2, 0.25) is 15.9 Å². The van der Waals surface area contributed by atoms with Crippen LogP contribution in [0.1, 0.15) is 58.3 Å². The summed E-state index contributed by atoms with van der Waals surface area (Å²) in [6, 6.07) is 0.936. The van der Waals surface area contributed by atoms with E-state index < -0.39 is 10.0 Å². The van der Waals surface area contributed by atoms with Gasteiger partial charge in [0.05, 0.1) is 5.75 Å². The number of sulfonamides is 1. The summed E-state index contributed by atoms with van der Waals surface area (Å²) in [5, 5.41) is 0. The maximum Gasteiger partial charge on any atom is 0.226 e. The number of carbonyl (C=O) groups excluding carboxylic acids is 1. The van der Waals surface area contributed by atoms with Crippen LogP contribution in [0.3, 0.4) is 0 Å². The predicted molar refractivity (Wildman–Crippen MR) is 85.9 cm³/mol. The second-order valence-electron chi connectivity index (χ2n) is 6.99. The molecule has 0 aromatic rings. The molecule has 0 bridgehead atoms. The molecule has 1 amide bonds. The summed E-state index contributed by atoms with van der Waals surface area (Å²) >= 11 is 0. The van der Waals surface area contributed by atoms with E-state index in [0.29, 0.717) is 43.9 Å². The minimum absolute atomic E-state index is 0.0320. The number of hydrogen-bond acceptors (Lipinski definition) is 3. The van der Waals surface area contributed by atoms with Crippen molar-refractivity contribution in [3.05, 3.63) is 0 Å². The molecule has 0 N–H and O–H groups in total. The van der Waals surface area contributed by atoms with Gasteiger partial charge in [0.1, 0.15) is 0 Å². The zero-order chi connectivity index (χ0) is 15.7. The van der Waals surface area contributed by atoms with Crippen LogP contribution in [0.4, 0.5) is 0 Å². The molecule has 2 aliphatic carbocycles. The Hall–Kier alpha value is -0.620. The van der Waals surface area contributed by atoms with Crippen molar-refractivity contribution in [2.75, 3.05) is 18.8 Å². The molecule has 0 atom stereocenters. The fourth-order valence-corrected chi connectivity index (χ4v) is 5.10. The van der Waals surface area contributed by atoms with Gasteiger partial charge in [-0.1, -0.05) is 12.8 Å². The zero-order valence-electron chi connectivity index (χ0n) is 13.5. The SMILES string of the molecule is CCS(=O)(=O)N1CCC(C(=O)N(C2CCCC2)C2CC2)CC1. The summed E-state index contributed by atoms with van der Waals surface area (Å²) in [5.74, 6) is 0.495. The van der Waals surface area contributed by atoms with Crippen molar-refractivity contribution in [3.63, 3.8) is 0 Å². The fourth-order valence-electron chi connectivity index (χ4n) is 3.97. The van der Waals surface area contributed by atoms with Gasteiger partial charge in [-0.25, -0.2) is 12.7 Å². The smallest absolute Gasteiger partial charge is 0.226 e. The Morgan fingerprint density at radius 2 is 1.55 bits per heavy atom. The first-order chi connectivity index (χ1) is 10.5. The van der Waals surface area contributed by atoms with Gasteiger partial charge >= 0.3 is 0 Å². The van der Waals surface area contributed by atoms with Gasteiger partial charge in [-0.05, 0) is 45.4 Å². The van der Waals surface area contributed by atoms with Crippen LogP contribution in [-0.4, -0.2) is 54.5 Å². The number of amides is 1. The number of hydrogen-bond donors (Lipinski definition) is 0. The lowest BCUT2D eigenvalue weighted by atomic mass is 9.95. The van der Waals surface area contributed by atoms with Crippen LogP contribution >= 0.6 is 0 Å². The number of nitrogens with zero attached hydrogens (tertiary/aromatic N) is 2. The lowest BCUT2D eigenvalue weighted by Gasteiger charge is -2.36. The van der Waals surface area contributed by atoms with Crippen molar-refractivity contribution in [2.24, 2.45) is 5.92 Å². The Morgan fingerprint density at radius 1 is 1.00 bits per heavy atom. The van der Waals surface area contributed by atoms with Crippen LogP contribution in [0.25, 0.3) is 0 Å². The quantitative estimate of drug-likeness (QED) is 0.775. The fraction of sp³-hybridized carbons (Fsp3) is 0.938. The van der Waals surface area contributed by atoms with E-state index in [-0.39, 0.29) is 11.7 Å². The first kappa shape index (κ1) is 16.2. The van der Waals surface area contributed by atoms with Gasteiger partial charge in [-0.15, -0.1) is 0 Å². The minimum atomic E-state index is -3.10. The maximum absolute atomic E-state index is 13.0. The van der Waals surface area contributed by atoms with Crippen LogP contribution in [0.5, 0.6) is 0 Å². The topological polar surface area (TPSA) is 57.7 Å². The third-order valence-electron chi connectivity index (χ3n) is 5.47. The molecule has 1 aliphatic heterocycles. The monoisotopic (exact) mass is 328 g/mol. The summed E-state index contributed by atoms with van der Waals surface area (Å²) in [7, 11) is -3.10. The van der Waals surface area contributed by atoms with E-state index in [4.69, 9.17) is 0 Å². The van der Waals surface area contributed by atoms with Gasteiger partial charge in [0.15, 0.2) is 0 Å². The van der Waals surface area contributed by atoms with Gasteiger partial charge in [0.25, 0.3) is 0 Å². The van der Waals surface area contributed by atoms with Crippen molar-refractivity contribution in [2.45, 2.75) is 70.4 Å². The highest BCUT2D eigenvalue weighted by Crippen LogP contribution is 2.36. The molecule has 5 nitrogen and oxygen atoms in total. The Balaban J connectivity index is 1.61. The summed E-state index contributed by atoms with van der Waals surface area (Å²) in [6.45, 7) is 2.70. The van der Waals surface area contributed by atoms with Crippen molar-refractivity contribution >= 4 is 15.9 Å². The molecule has 3 rings (SSSR count). The van der Waals surface area contributed by atoms with Crippen molar-refractivity contribution in [3.8, 4) is 0 Å².